The number of hydrogen-bond acceptors (Lipinski definition) is 4. The molecule has 0 radical (unpaired) electrons. The number of rotatable bonds is 4. The average Bonchev–Trinajstić information content (AvgIpc) is 2.05. The van der Waals surface area contributed by atoms with Gasteiger partial charge < -0.3 is 4.52 Å². The third-order valence-corrected chi connectivity index (χ3v) is 3.08. The van der Waals surface area contributed by atoms with Crippen LogP contribution in [0.3, 0.4) is 0 Å². The zero-order chi connectivity index (χ0) is 9.61. The molecule has 0 aromatic rings. The van der Waals surface area contributed by atoms with Crippen LogP contribution in [0.1, 0.15) is 6.92 Å². The number of hydrogen-bond donors (Lipinski definition) is 0. The highest BCUT2D eigenvalue weighted by Gasteiger charge is 2.27. The fraction of sp³-hybridized carbons (Fsp3) is 0.667. The maximum atomic E-state index is 11.5. The van der Waals surface area contributed by atoms with Gasteiger partial charge in [-0.15, -0.1) is 0 Å². The molecule has 0 aromatic carbocycles. The molecule has 6 heteroatoms. The molecule has 0 spiro atoms. The molecule has 0 rings (SSSR count). The molecule has 0 aliphatic heterocycles. The molecule has 1 unspecified atom stereocenters. The Morgan fingerprint density at radius 3 is 2.50 bits per heavy atom. The summed E-state index contributed by atoms with van der Waals surface area (Å²) < 4.78 is 17.3. The zero-order valence-corrected chi connectivity index (χ0v) is 7.91. The van der Waals surface area contributed by atoms with Gasteiger partial charge in [-0.1, -0.05) is 0 Å². The molecule has 0 saturated carbocycles. The van der Waals surface area contributed by atoms with Crippen molar-refractivity contribution in [2.24, 2.45) is 0 Å². The summed E-state index contributed by atoms with van der Waals surface area (Å²) in [5.74, 6) is 1.57. The first-order valence-electron chi connectivity index (χ1n) is 3.35. The van der Waals surface area contributed by atoms with Crippen LogP contribution in [-0.2, 0) is 9.09 Å². The van der Waals surface area contributed by atoms with Crippen molar-refractivity contribution in [1.82, 2.24) is 4.67 Å². The molecule has 0 aliphatic rings. The SMILES string of the molecule is CCOP(=O)(C#N)N(C)CC#N. The third kappa shape index (κ3) is 2.64. The molecule has 12 heavy (non-hydrogen) atoms. The Morgan fingerprint density at radius 1 is 1.58 bits per heavy atom. The molecule has 0 aromatic heterocycles. The molecule has 0 aliphatic carbocycles. The van der Waals surface area contributed by atoms with E-state index >= 15 is 0 Å². The fourth-order valence-corrected chi connectivity index (χ4v) is 1.58. The lowest BCUT2D eigenvalue weighted by Gasteiger charge is -2.17. The Labute approximate surface area is 71.7 Å². The van der Waals surface area contributed by atoms with Crippen LogP contribution in [0.4, 0.5) is 0 Å². The first kappa shape index (κ1) is 11.1. The summed E-state index contributed by atoms with van der Waals surface area (Å²) in [6.07, 6.45) is 0. The van der Waals surface area contributed by atoms with Crippen molar-refractivity contribution in [3.05, 3.63) is 0 Å². The van der Waals surface area contributed by atoms with Crippen LogP contribution in [0, 0.1) is 22.4 Å². The molecule has 66 valence electrons. The number of nitriles is 2. The summed E-state index contributed by atoms with van der Waals surface area (Å²) in [7, 11) is -1.97. The molecule has 0 heterocycles. The predicted octanol–water partition coefficient (Wildman–Crippen LogP) is 1.15. The van der Waals surface area contributed by atoms with Crippen LogP contribution in [0.15, 0.2) is 0 Å². The third-order valence-electron chi connectivity index (χ3n) is 1.18. The van der Waals surface area contributed by atoms with E-state index in [1.807, 2.05) is 0 Å². The lowest BCUT2D eigenvalue weighted by Crippen LogP contribution is -2.15. The van der Waals surface area contributed by atoms with Crippen molar-refractivity contribution >= 4 is 7.52 Å². The zero-order valence-electron chi connectivity index (χ0n) is 7.02. The van der Waals surface area contributed by atoms with Gasteiger partial charge in [0.1, 0.15) is 0 Å². The molecule has 0 fully saturated rings. The highest BCUT2D eigenvalue weighted by Crippen LogP contribution is 2.47. The summed E-state index contributed by atoms with van der Waals surface area (Å²) in [5.41, 5.74) is 0. The van der Waals surface area contributed by atoms with Crippen molar-refractivity contribution in [2.45, 2.75) is 6.92 Å². The monoisotopic (exact) mass is 187 g/mol. The quantitative estimate of drug-likeness (QED) is 0.487. The molecule has 0 N–H and O–H groups in total. The topological polar surface area (TPSA) is 77.1 Å². The van der Waals surface area contributed by atoms with E-state index in [0.717, 1.165) is 4.67 Å². The second kappa shape index (κ2) is 4.90. The highest BCUT2D eigenvalue weighted by molar-refractivity contribution is 7.61. The highest BCUT2D eigenvalue weighted by atomic mass is 31.2. The first-order valence-corrected chi connectivity index (χ1v) is 4.93. The molecule has 0 bridgehead atoms. The summed E-state index contributed by atoms with van der Waals surface area (Å²) in [5, 5.41) is 16.8. The van der Waals surface area contributed by atoms with E-state index in [0.29, 0.717) is 0 Å². The summed E-state index contributed by atoms with van der Waals surface area (Å²) in [6, 6.07) is 1.79. The molecule has 0 amide bonds. The second-order valence-corrected chi connectivity index (χ2v) is 4.19. The molecule has 0 saturated heterocycles. The molecule has 1 atom stereocenters. The average molecular weight is 187 g/mol. The van der Waals surface area contributed by atoms with Gasteiger partial charge in [0.05, 0.1) is 19.2 Å². The van der Waals surface area contributed by atoms with Crippen molar-refractivity contribution in [1.29, 1.82) is 10.5 Å². The van der Waals surface area contributed by atoms with Gasteiger partial charge in [0.15, 0.2) is 5.81 Å². The van der Waals surface area contributed by atoms with Crippen LogP contribution >= 0.6 is 7.52 Å². The van der Waals surface area contributed by atoms with E-state index in [1.165, 1.54) is 7.05 Å². The summed E-state index contributed by atoms with van der Waals surface area (Å²) >= 11 is 0. The smallest absolute Gasteiger partial charge is 0.307 e. The first-order chi connectivity index (χ1) is 5.60. The Balaban J connectivity index is 4.46. The Kier molecular flexibility index (Phi) is 4.54. The van der Waals surface area contributed by atoms with Gasteiger partial charge in [0, 0.05) is 0 Å². The van der Waals surface area contributed by atoms with E-state index in [-0.39, 0.29) is 13.2 Å². The lowest BCUT2D eigenvalue weighted by atomic mass is 10.7. The van der Waals surface area contributed by atoms with Crippen LogP contribution in [0.5, 0.6) is 0 Å². The van der Waals surface area contributed by atoms with Crippen molar-refractivity contribution in [2.75, 3.05) is 20.2 Å². The van der Waals surface area contributed by atoms with Gasteiger partial charge >= 0.3 is 7.52 Å². The Hall–Kier alpha value is -0.870. The van der Waals surface area contributed by atoms with Gasteiger partial charge in [-0.05, 0) is 14.0 Å². The van der Waals surface area contributed by atoms with Gasteiger partial charge in [-0.25, -0.2) is 4.67 Å². The van der Waals surface area contributed by atoms with Crippen molar-refractivity contribution in [3.63, 3.8) is 0 Å². The van der Waals surface area contributed by atoms with Crippen LogP contribution in [0.2, 0.25) is 0 Å². The normalized spacial score (nSPS) is 14.8. The Morgan fingerprint density at radius 2 is 2.17 bits per heavy atom. The molecule has 5 nitrogen and oxygen atoms in total. The maximum absolute atomic E-state index is 11.5. The fourth-order valence-electron chi connectivity index (χ4n) is 0.574. The van der Waals surface area contributed by atoms with E-state index in [4.69, 9.17) is 15.0 Å². The van der Waals surface area contributed by atoms with Crippen molar-refractivity contribution in [3.8, 4) is 11.9 Å². The van der Waals surface area contributed by atoms with E-state index in [1.54, 1.807) is 18.8 Å². The largest absolute Gasteiger partial charge is 0.371 e. The predicted molar refractivity (Wildman–Crippen MR) is 43.1 cm³/mol. The van der Waals surface area contributed by atoms with E-state index in [9.17, 15) is 4.57 Å². The van der Waals surface area contributed by atoms with Gasteiger partial charge in [0.2, 0.25) is 0 Å². The minimum absolute atomic E-state index is 0.0785. The number of nitrogens with zero attached hydrogens (tertiary/aromatic N) is 3. The summed E-state index contributed by atoms with van der Waals surface area (Å²) in [4.78, 5) is 0. The molecular weight excluding hydrogens is 177 g/mol. The Bertz CT molecular complexity index is 265. The van der Waals surface area contributed by atoms with Gasteiger partial charge in [-0.3, -0.25) is 4.57 Å². The minimum Gasteiger partial charge on any atom is -0.307 e. The summed E-state index contributed by atoms with van der Waals surface area (Å²) in [6.45, 7) is 1.76. The van der Waals surface area contributed by atoms with Gasteiger partial charge in [0.25, 0.3) is 0 Å². The minimum atomic E-state index is -3.39. The van der Waals surface area contributed by atoms with Crippen LogP contribution < -0.4 is 0 Å². The second-order valence-electron chi connectivity index (χ2n) is 2.01. The van der Waals surface area contributed by atoms with Crippen molar-refractivity contribution < 1.29 is 9.09 Å². The van der Waals surface area contributed by atoms with E-state index in [2.05, 4.69) is 0 Å². The van der Waals surface area contributed by atoms with Crippen LogP contribution in [-0.4, -0.2) is 24.9 Å². The van der Waals surface area contributed by atoms with E-state index < -0.39 is 7.52 Å². The standard InChI is InChI=1S/C6H10N3O2P/c1-3-11-12(10,6-8)9(2)5-4-7/h3,5H2,1-2H3. The lowest BCUT2D eigenvalue weighted by molar-refractivity contribution is 0.302. The van der Waals surface area contributed by atoms with Gasteiger partial charge in [-0.2, -0.15) is 10.5 Å². The van der Waals surface area contributed by atoms with Crippen LogP contribution in [0.25, 0.3) is 0 Å². The molecular formula is C6H10N3O2P. The maximum Gasteiger partial charge on any atom is 0.371 e.